The van der Waals surface area contributed by atoms with Crippen LogP contribution in [-0.2, 0) is 5.75 Å². The van der Waals surface area contributed by atoms with Gasteiger partial charge in [-0.2, -0.15) is 0 Å². The number of rotatable bonds is 5. The van der Waals surface area contributed by atoms with Crippen LogP contribution in [0.3, 0.4) is 0 Å². The number of thioether (sulfide) groups is 1. The second-order valence-electron chi connectivity index (χ2n) is 6.32. The number of imidazole rings is 1. The Bertz CT molecular complexity index is 1220. The number of nitrogens with zero attached hydrogens (tertiary/aromatic N) is 4. The van der Waals surface area contributed by atoms with Crippen LogP contribution < -0.4 is 0 Å². The summed E-state index contributed by atoms with van der Waals surface area (Å²) in [6.45, 7) is 2.09. The van der Waals surface area contributed by atoms with Crippen LogP contribution in [0.15, 0.2) is 75.6 Å². The maximum absolute atomic E-state index is 5.82. The van der Waals surface area contributed by atoms with E-state index >= 15 is 0 Å². The lowest BCUT2D eigenvalue weighted by atomic mass is 10.2. The highest BCUT2D eigenvalue weighted by Crippen LogP contribution is 2.31. The Kier molecular flexibility index (Phi) is 4.46. The van der Waals surface area contributed by atoms with Crippen molar-refractivity contribution in [2.75, 3.05) is 0 Å². The highest BCUT2D eigenvalue weighted by Gasteiger charge is 2.15. The van der Waals surface area contributed by atoms with Crippen LogP contribution in [0.25, 0.3) is 27.5 Å². The lowest BCUT2D eigenvalue weighted by molar-refractivity contribution is 0.529. The van der Waals surface area contributed by atoms with Crippen LogP contribution in [0.4, 0.5) is 0 Å². The summed E-state index contributed by atoms with van der Waals surface area (Å²) < 4.78 is 7.99. The third kappa shape index (κ3) is 3.23. The number of hydrogen-bond donors (Lipinski definition) is 0. The molecule has 2 aromatic carbocycles. The van der Waals surface area contributed by atoms with Gasteiger partial charge in [0.2, 0.25) is 5.89 Å². The molecule has 0 aliphatic rings. The highest BCUT2D eigenvalue weighted by atomic mass is 32.2. The van der Waals surface area contributed by atoms with E-state index in [0.29, 0.717) is 17.5 Å². The normalized spacial score (nSPS) is 11.3. The molecule has 0 unspecified atom stereocenters. The smallest absolute Gasteiger partial charge is 0.257 e. The molecule has 0 bridgehead atoms. The summed E-state index contributed by atoms with van der Waals surface area (Å²) in [7, 11) is 0. The van der Waals surface area contributed by atoms with E-state index in [4.69, 9.17) is 9.40 Å². The third-order valence-corrected chi connectivity index (χ3v) is 6.13. The molecule has 0 atom stereocenters. The lowest BCUT2D eigenvalue weighted by Crippen LogP contribution is -1.97. The van der Waals surface area contributed by atoms with Crippen molar-refractivity contribution in [3.8, 4) is 16.5 Å². The Balaban J connectivity index is 1.47. The zero-order valence-electron chi connectivity index (χ0n) is 15.1. The number of thiophene rings is 1. The first-order chi connectivity index (χ1) is 13.8. The van der Waals surface area contributed by atoms with Crippen LogP contribution in [-0.4, -0.2) is 19.7 Å². The van der Waals surface area contributed by atoms with E-state index < -0.39 is 0 Å². The fourth-order valence-electron chi connectivity index (χ4n) is 2.98. The highest BCUT2D eigenvalue weighted by molar-refractivity contribution is 7.98. The fraction of sp³-hybridized carbons (Fsp3) is 0.0952. The van der Waals surface area contributed by atoms with Crippen molar-refractivity contribution in [2.24, 2.45) is 0 Å². The number of fused-ring (bicyclic) bond motifs is 1. The van der Waals surface area contributed by atoms with Crippen molar-refractivity contribution in [1.29, 1.82) is 0 Å². The van der Waals surface area contributed by atoms with Gasteiger partial charge in [-0.25, -0.2) is 4.98 Å². The number of hydrogen-bond acceptors (Lipinski definition) is 6. The van der Waals surface area contributed by atoms with Gasteiger partial charge >= 0.3 is 0 Å². The molecule has 28 heavy (non-hydrogen) atoms. The number of aromatic nitrogens is 4. The Hall–Kier alpha value is -2.90. The SMILES string of the molecule is Cc1ccc(-n2c(SCc3nnc(-c4cccs4)o3)nc3ccccc32)cc1. The molecule has 0 radical (unpaired) electrons. The Morgan fingerprint density at radius 3 is 2.68 bits per heavy atom. The van der Waals surface area contributed by atoms with Crippen molar-refractivity contribution in [3.63, 3.8) is 0 Å². The maximum atomic E-state index is 5.82. The average molecular weight is 405 g/mol. The summed E-state index contributed by atoms with van der Waals surface area (Å²) in [5.41, 5.74) is 4.37. The molecule has 0 fully saturated rings. The van der Waals surface area contributed by atoms with Gasteiger partial charge in [-0.1, -0.05) is 47.7 Å². The zero-order valence-corrected chi connectivity index (χ0v) is 16.7. The Labute approximate surface area is 170 Å². The number of aryl methyl sites for hydroxylation is 1. The van der Waals surface area contributed by atoms with Gasteiger partial charge in [0, 0.05) is 5.69 Å². The van der Waals surface area contributed by atoms with Crippen LogP contribution >= 0.6 is 23.1 Å². The monoisotopic (exact) mass is 404 g/mol. The van der Waals surface area contributed by atoms with Gasteiger partial charge in [0.1, 0.15) is 0 Å². The van der Waals surface area contributed by atoms with Gasteiger partial charge in [-0.05, 0) is 42.6 Å². The molecule has 7 heteroatoms. The van der Waals surface area contributed by atoms with Gasteiger partial charge in [0.15, 0.2) is 5.16 Å². The molecule has 0 amide bonds. The summed E-state index contributed by atoms with van der Waals surface area (Å²) >= 11 is 3.18. The van der Waals surface area contributed by atoms with Gasteiger partial charge in [-0.3, -0.25) is 4.57 Å². The predicted octanol–water partition coefficient (Wildman–Crippen LogP) is 5.74. The minimum absolute atomic E-state index is 0.563. The van der Waals surface area contributed by atoms with Gasteiger partial charge in [-0.15, -0.1) is 21.5 Å². The van der Waals surface area contributed by atoms with Crippen molar-refractivity contribution in [2.45, 2.75) is 17.8 Å². The van der Waals surface area contributed by atoms with Crippen molar-refractivity contribution >= 4 is 34.1 Å². The second-order valence-corrected chi connectivity index (χ2v) is 8.21. The van der Waals surface area contributed by atoms with E-state index in [-0.39, 0.29) is 0 Å². The summed E-state index contributed by atoms with van der Waals surface area (Å²) in [6.07, 6.45) is 0. The summed E-state index contributed by atoms with van der Waals surface area (Å²) in [5.74, 6) is 1.72. The van der Waals surface area contributed by atoms with E-state index in [1.807, 2.05) is 35.7 Å². The first-order valence-corrected chi connectivity index (χ1v) is 10.7. The van der Waals surface area contributed by atoms with Crippen molar-refractivity contribution in [1.82, 2.24) is 19.7 Å². The standard InChI is InChI=1S/C21H16N4OS2/c1-14-8-10-15(11-9-14)25-17-6-3-2-5-16(17)22-21(25)28-13-19-23-24-20(26-19)18-7-4-12-27-18/h2-12H,13H2,1H3. The van der Waals surface area contributed by atoms with Crippen LogP contribution in [0.5, 0.6) is 0 Å². The van der Waals surface area contributed by atoms with E-state index in [1.54, 1.807) is 23.1 Å². The minimum Gasteiger partial charge on any atom is -0.419 e. The van der Waals surface area contributed by atoms with E-state index in [0.717, 1.165) is 26.8 Å². The van der Waals surface area contributed by atoms with Gasteiger partial charge in [0.25, 0.3) is 5.89 Å². The Morgan fingerprint density at radius 1 is 1.00 bits per heavy atom. The molecular weight excluding hydrogens is 388 g/mol. The molecule has 0 saturated carbocycles. The molecule has 0 spiro atoms. The largest absolute Gasteiger partial charge is 0.419 e. The fourth-order valence-corrected chi connectivity index (χ4v) is 4.49. The van der Waals surface area contributed by atoms with E-state index in [1.165, 1.54) is 5.56 Å². The van der Waals surface area contributed by atoms with Gasteiger partial charge < -0.3 is 4.42 Å². The average Bonchev–Trinajstić information content (AvgIpc) is 3.46. The molecule has 0 aliphatic carbocycles. The Morgan fingerprint density at radius 2 is 1.86 bits per heavy atom. The molecule has 0 aliphatic heterocycles. The first kappa shape index (κ1) is 17.2. The maximum Gasteiger partial charge on any atom is 0.257 e. The van der Waals surface area contributed by atoms with Crippen molar-refractivity contribution in [3.05, 3.63) is 77.5 Å². The van der Waals surface area contributed by atoms with Crippen LogP contribution in [0.1, 0.15) is 11.5 Å². The molecule has 5 rings (SSSR count). The molecule has 5 aromatic rings. The zero-order chi connectivity index (χ0) is 18.9. The summed E-state index contributed by atoms with van der Waals surface area (Å²) in [4.78, 5) is 5.80. The second kappa shape index (κ2) is 7.26. The molecule has 138 valence electrons. The van der Waals surface area contributed by atoms with Crippen molar-refractivity contribution < 1.29 is 4.42 Å². The topological polar surface area (TPSA) is 56.7 Å². The minimum atomic E-state index is 0.563. The first-order valence-electron chi connectivity index (χ1n) is 8.81. The van der Waals surface area contributed by atoms with Crippen LogP contribution in [0.2, 0.25) is 0 Å². The molecule has 0 N–H and O–H groups in total. The third-order valence-electron chi connectivity index (χ3n) is 4.35. The van der Waals surface area contributed by atoms with E-state index in [2.05, 4.69) is 52.0 Å². The molecule has 3 aromatic heterocycles. The van der Waals surface area contributed by atoms with E-state index in [9.17, 15) is 0 Å². The summed E-state index contributed by atoms with van der Waals surface area (Å²) in [6, 6.07) is 20.6. The number of benzene rings is 2. The van der Waals surface area contributed by atoms with Gasteiger partial charge in [0.05, 0.1) is 21.7 Å². The molecular formula is C21H16N4OS2. The molecule has 0 saturated heterocycles. The molecule has 5 nitrogen and oxygen atoms in total. The molecule has 3 heterocycles. The summed E-state index contributed by atoms with van der Waals surface area (Å²) in [5, 5.41) is 11.2. The predicted molar refractivity (Wildman–Crippen MR) is 113 cm³/mol. The van der Waals surface area contributed by atoms with Crippen LogP contribution in [0, 0.1) is 6.92 Å². The number of para-hydroxylation sites is 2. The quantitative estimate of drug-likeness (QED) is 0.350. The lowest BCUT2D eigenvalue weighted by Gasteiger charge is -2.08.